The van der Waals surface area contributed by atoms with Crippen molar-refractivity contribution in [3.8, 4) is 0 Å². The molecule has 1 heterocycles. The number of hydroxylamine groups is 2. The number of piperidine rings is 1. The van der Waals surface area contributed by atoms with E-state index in [0.717, 1.165) is 19.5 Å². The number of rotatable bonds is 4. The van der Waals surface area contributed by atoms with Crippen molar-refractivity contribution in [3.63, 3.8) is 0 Å². The number of hydrogen-bond acceptors (Lipinski definition) is 2. The molecule has 0 aliphatic carbocycles. The molecule has 0 spiro atoms. The normalized spacial score (nSPS) is 17.4. The molecule has 0 amide bonds. The zero-order valence-electron chi connectivity index (χ0n) is 11.5. The van der Waals surface area contributed by atoms with E-state index in [9.17, 15) is 0 Å². The molecule has 96 valence electrons. The van der Waals surface area contributed by atoms with Gasteiger partial charge >= 0.3 is 110 Å². The van der Waals surface area contributed by atoms with Crippen LogP contribution in [0.1, 0.15) is 42.4 Å². The van der Waals surface area contributed by atoms with Gasteiger partial charge in [0.1, 0.15) is 0 Å². The molecule has 1 aliphatic rings. The fourth-order valence-corrected chi connectivity index (χ4v) is 2.82. The van der Waals surface area contributed by atoms with E-state index in [1.54, 1.807) is 5.56 Å². The summed E-state index contributed by atoms with van der Waals surface area (Å²) in [6, 6.07) is 6.89. The fraction of sp³-hybridized carbons (Fsp3) is 0.533. The van der Waals surface area contributed by atoms with Gasteiger partial charge in [-0.1, -0.05) is 0 Å². The molecule has 1 aliphatic heterocycles. The van der Waals surface area contributed by atoms with Crippen LogP contribution in [0.3, 0.4) is 0 Å². The second-order valence-electron chi connectivity index (χ2n) is 5.03. The van der Waals surface area contributed by atoms with Crippen molar-refractivity contribution in [2.75, 3.05) is 13.1 Å². The Bertz CT molecular complexity index is 411. The first-order valence-corrected chi connectivity index (χ1v) is 6.86. The summed E-state index contributed by atoms with van der Waals surface area (Å²) < 4.78 is 5.34. The third-order valence-corrected chi connectivity index (χ3v) is 3.80. The Morgan fingerprint density at radius 3 is 2.72 bits per heavy atom. The summed E-state index contributed by atoms with van der Waals surface area (Å²) in [4.78, 5) is 0. The molecule has 2 rings (SSSR count). The molecular weight excluding hydrogens is 221 g/mol. The third kappa shape index (κ3) is 3.02. The molecule has 18 heavy (non-hydrogen) atoms. The molecule has 0 unspecified atom stereocenters. The number of aryl methyl sites for hydroxylation is 2. The van der Waals surface area contributed by atoms with Crippen LogP contribution in [0.5, 0.6) is 0 Å². The maximum atomic E-state index is 5.34. The quantitative estimate of drug-likeness (QED) is 0.754. The molecule has 1 saturated heterocycles. The van der Waals surface area contributed by atoms with Crippen LogP contribution in [0.25, 0.3) is 0 Å². The molecule has 1 fully saturated rings. The predicted molar refractivity (Wildman–Crippen MR) is 78.1 cm³/mol. The van der Waals surface area contributed by atoms with E-state index in [4.69, 9.17) is 4.76 Å². The topological polar surface area (TPSA) is 12.5 Å². The summed E-state index contributed by atoms with van der Waals surface area (Å²) in [6.07, 6.45) is 3.47. The van der Waals surface area contributed by atoms with E-state index in [1.165, 1.54) is 31.1 Å². The molecule has 2 nitrogen and oxygen atoms in total. The zero-order valence-corrected chi connectivity index (χ0v) is 11.5. The molecule has 0 aromatic heterocycles. The van der Waals surface area contributed by atoms with E-state index >= 15 is 0 Å². The summed E-state index contributed by atoms with van der Waals surface area (Å²) in [5, 5.41) is 2.00. The summed E-state index contributed by atoms with van der Waals surface area (Å²) in [7, 11) is 1.52. The first-order valence-electron chi connectivity index (χ1n) is 6.86. The summed E-state index contributed by atoms with van der Waals surface area (Å²) in [6.45, 7) is 10.0. The fourth-order valence-electron chi connectivity index (χ4n) is 2.82. The Labute approximate surface area is 111 Å². The van der Waals surface area contributed by atoms with Crippen molar-refractivity contribution >= 4 is 13.6 Å². The van der Waals surface area contributed by atoms with E-state index in [2.05, 4.69) is 38.5 Å². The van der Waals surface area contributed by atoms with Crippen LogP contribution < -0.4 is 0 Å². The molecule has 0 N–H and O–H groups in total. The third-order valence-electron chi connectivity index (χ3n) is 3.80. The second-order valence-corrected chi connectivity index (χ2v) is 5.03. The van der Waals surface area contributed by atoms with Crippen LogP contribution in [-0.2, 0) is 11.2 Å². The van der Waals surface area contributed by atoms with Gasteiger partial charge in [0.05, 0.1) is 0 Å². The van der Waals surface area contributed by atoms with Crippen molar-refractivity contribution in [1.29, 1.82) is 0 Å². The molecule has 1 aromatic carbocycles. The zero-order chi connectivity index (χ0) is 13.0. The van der Waals surface area contributed by atoms with Gasteiger partial charge in [-0.15, -0.1) is 0 Å². The number of benzene rings is 1. The Hall–Kier alpha value is -1.09. The van der Waals surface area contributed by atoms with Gasteiger partial charge in [0.2, 0.25) is 0 Å². The molecule has 0 radical (unpaired) electrons. The maximum absolute atomic E-state index is 5.34. The van der Waals surface area contributed by atoms with Gasteiger partial charge < -0.3 is 0 Å². The molecular formula is C15H22BNO. The van der Waals surface area contributed by atoms with Crippen LogP contribution in [0.4, 0.5) is 0 Å². The first-order chi connectivity index (χ1) is 8.74. The van der Waals surface area contributed by atoms with Gasteiger partial charge in [-0.25, -0.2) is 0 Å². The van der Waals surface area contributed by atoms with Crippen LogP contribution in [0.15, 0.2) is 18.2 Å². The van der Waals surface area contributed by atoms with Crippen LogP contribution in [0, 0.1) is 6.92 Å². The van der Waals surface area contributed by atoms with Gasteiger partial charge in [0.15, 0.2) is 0 Å². The minimum absolute atomic E-state index is 0.685. The Morgan fingerprint density at radius 2 is 2.11 bits per heavy atom. The number of hydrogen-bond donors (Lipinski definition) is 0. The van der Waals surface area contributed by atoms with Crippen molar-refractivity contribution in [2.24, 2.45) is 0 Å². The van der Waals surface area contributed by atoms with E-state index in [0.29, 0.717) is 5.92 Å². The van der Waals surface area contributed by atoms with Gasteiger partial charge in [-0.3, -0.25) is 0 Å². The Balaban J connectivity index is 2.07. The first kappa shape index (κ1) is 13.3. The van der Waals surface area contributed by atoms with Gasteiger partial charge in [0.25, 0.3) is 0 Å². The average Bonchev–Trinajstić information content (AvgIpc) is 2.40. The molecule has 0 saturated carbocycles. The summed E-state index contributed by atoms with van der Waals surface area (Å²) in [5.41, 5.74) is 4.42. The van der Waals surface area contributed by atoms with Gasteiger partial charge in [-0.2, -0.15) is 0 Å². The molecule has 1 aromatic rings. The average molecular weight is 243 g/mol. The standard InChI is InChI=1S/C15H22BNO/c1-4-13-11-12(2)5-6-15(13)14-7-9-17(10-8-14)18-16-3/h5-6,11,14H,3-4,7-10H2,1-2H3. The van der Waals surface area contributed by atoms with Crippen molar-refractivity contribution in [1.82, 2.24) is 5.06 Å². The minimum atomic E-state index is 0.685. The SMILES string of the molecule is C=BON1CCC(c2ccc(C)cc2CC)CC1. The molecule has 3 heteroatoms. The number of nitrogens with zero attached hydrogens (tertiary/aromatic N) is 1. The Morgan fingerprint density at radius 1 is 1.39 bits per heavy atom. The van der Waals surface area contributed by atoms with Gasteiger partial charge in [0, 0.05) is 0 Å². The molecule has 0 atom stereocenters. The predicted octanol–water partition coefficient (Wildman–Crippen LogP) is 2.72. The van der Waals surface area contributed by atoms with Gasteiger partial charge in [-0.05, 0) is 0 Å². The monoisotopic (exact) mass is 243 g/mol. The van der Waals surface area contributed by atoms with Crippen LogP contribution in [0.2, 0.25) is 0 Å². The van der Waals surface area contributed by atoms with E-state index < -0.39 is 0 Å². The van der Waals surface area contributed by atoms with Crippen LogP contribution in [-0.4, -0.2) is 31.7 Å². The summed E-state index contributed by atoms with van der Waals surface area (Å²) >= 11 is 0. The van der Waals surface area contributed by atoms with Crippen molar-refractivity contribution in [3.05, 3.63) is 34.9 Å². The van der Waals surface area contributed by atoms with Crippen LogP contribution >= 0.6 is 0 Å². The van der Waals surface area contributed by atoms with E-state index in [1.807, 2.05) is 5.06 Å². The van der Waals surface area contributed by atoms with Crippen molar-refractivity contribution < 1.29 is 4.76 Å². The Kier molecular flexibility index (Phi) is 4.59. The molecule has 0 bridgehead atoms. The van der Waals surface area contributed by atoms with Crippen molar-refractivity contribution in [2.45, 2.75) is 39.0 Å². The summed E-state index contributed by atoms with van der Waals surface area (Å²) in [5.74, 6) is 0.685. The second kappa shape index (κ2) is 6.19. The van der Waals surface area contributed by atoms with E-state index in [-0.39, 0.29) is 0 Å².